The Bertz CT molecular complexity index is 715. The standard InChI is InChI=1S/C16H17N3O4/c1-12-16(19(20)21)15(23-17-12)7-4-13-2-5-14(6-3-13)18-8-10-22-11-9-18/h2-7H,8-11H2,1H3/b7-4+. The first-order chi connectivity index (χ1) is 11.1. The molecule has 1 aliphatic heterocycles. The molecule has 0 unspecified atom stereocenters. The smallest absolute Gasteiger partial charge is 0.338 e. The van der Waals surface area contributed by atoms with Crippen LogP contribution in [0.1, 0.15) is 17.0 Å². The third-order valence-electron chi connectivity index (χ3n) is 3.74. The van der Waals surface area contributed by atoms with Crippen molar-refractivity contribution in [2.45, 2.75) is 6.92 Å². The van der Waals surface area contributed by atoms with E-state index in [4.69, 9.17) is 9.26 Å². The van der Waals surface area contributed by atoms with Gasteiger partial charge in [-0.25, -0.2) is 0 Å². The second kappa shape index (κ2) is 6.62. The molecular formula is C16H17N3O4. The van der Waals surface area contributed by atoms with E-state index in [0.717, 1.165) is 37.6 Å². The Balaban J connectivity index is 1.74. The zero-order chi connectivity index (χ0) is 16.2. The fraction of sp³-hybridized carbons (Fsp3) is 0.312. The molecule has 0 bridgehead atoms. The predicted octanol–water partition coefficient (Wildman–Crippen LogP) is 2.90. The van der Waals surface area contributed by atoms with Gasteiger partial charge in [-0.3, -0.25) is 10.1 Å². The lowest BCUT2D eigenvalue weighted by Crippen LogP contribution is -2.36. The van der Waals surface area contributed by atoms with E-state index in [2.05, 4.69) is 10.1 Å². The summed E-state index contributed by atoms with van der Waals surface area (Å²) >= 11 is 0. The summed E-state index contributed by atoms with van der Waals surface area (Å²) in [5.41, 5.74) is 2.26. The molecule has 3 rings (SSSR count). The summed E-state index contributed by atoms with van der Waals surface area (Å²) in [6.45, 7) is 4.82. The summed E-state index contributed by atoms with van der Waals surface area (Å²) in [7, 11) is 0. The van der Waals surface area contributed by atoms with Crippen LogP contribution in [0, 0.1) is 17.0 Å². The molecule has 1 fully saturated rings. The average molecular weight is 315 g/mol. The zero-order valence-electron chi connectivity index (χ0n) is 12.8. The van der Waals surface area contributed by atoms with Crippen LogP contribution in [0.2, 0.25) is 0 Å². The second-order valence-electron chi connectivity index (χ2n) is 5.26. The summed E-state index contributed by atoms with van der Waals surface area (Å²) in [6.07, 6.45) is 3.35. The van der Waals surface area contributed by atoms with Crippen molar-refractivity contribution in [3.05, 3.63) is 51.4 Å². The number of nitrogens with zero attached hydrogens (tertiary/aromatic N) is 3. The molecule has 0 amide bonds. The van der Waals surface area contributed by atoms with Crippen LogP contribution in [-0.4, -0.2) is 36.4 Å². The lowest BCUT2D eigenvalue weighted by molar-refractivity contribution is -0.386. The van der Waals surface area contributed by atoms with Crippen LogP contribution in [0.4, 0.5) is 11.4 Å². The Morgan fingerprint density at radius 1 is 1.22 bits per heavy atom. The number of benzene rings is 1. The molecule has 0 N–H and O–H groups in total. The van der Waals surface area contributed by atoms with E-state index < -0.39 is 4.92 Å². The topological polar surface area (TPSA) is 81.6 Å². The Kier molecular flexibility index (Phi) is 4.38. The van der Waals surface area contributed by atoms with Crippen molar-refractivity contribution in [3.8, 4) is 0 Å². The SMILES string of the molecule is Cc1noc(/C=C/c2ccc(N3CCOCC3)cc2)c1[N+](=O)[O-]. The summed E-state index contributed by atoms with van der Waals surface area (Å²) in [6, 6.07) is 8.00. The van der Waals surface area contributed by atoms with Gasteiger partial charge in [0.05, 0.1) is 18.1 Å². The van der Waals surface area contributed by atoms with Gasteiger partial charge in [-0.2, -0.15) is 0 Å². The fourth-order valence-corrected chi connectivity index (χ4v) is 2.50. The highest BCUT2D eigenvalue weighted by Gasteiger charge is 2.21. The van der Waals surface area contributed by atoms with Crippen LogP contribution in [-0.2, 0) is 4.74 Å². The number of aromatic nitrogens is 1. The third-order valence-corrected chi connectivity index (χ3v) is 3.74. The van der Waals surface area contributed by atoms with Gasteiger partial charge in [0.15, 0.2) is 5.69 Å². The quantitative estimate of drug-likeness (QED) is 0.637. The maximum absolute atomic E-state index is 11.0. The molecular weight excluding hydrogens is 298 g/mol. The largest absolute Gasteiger partial charge is 0.378 e. The number of hydrogen-bond donors (Lipinski definition) is 0. The predicted molar refractivity (Wildman–Crippen MR) is 86.3 cm³/mol. The van der Waals surface area contributed by atoms with E-state index in [-0.39, 0.29) is 17.1 Å². The van der Waals surface area contributed by atoms with E-state index in [9.17, 15) is 10.1 Å². The number of rotatable bonds is 4. The third kappa shape index (κ3) is 3.40. The molecule has 1 aromatic heterocycles. The number of hydrogen-bond acceptors (Lipinski definition) is 6. The molecule has 0 aliphatic carbocycles. The minimum atomic E-state index is -0.479. The number of nitro groups is 1. The van der Waals surface area contributed by atoms with Crippen molar-refractivity contribution in [1.29, 1.82) is 0 Å². The van der Waals surface area contributed by atoms with Crippen molar-refractivity contribution < 1.29 is 14.2 Å². The zero-order valence-corrected chi connectivity index (χ0v) is 12.8. The van der Waals surface area contributed by atoms with E-state index in [1.165, 1.54) is 0 Å². The van der Waals surface area contributed by atoms with Gasteiger partial charge in [0, 0.05) is 18.8 Å². The summed E-state index contributed by atoms with van der Waals surface area (Å²) in [4.78, 5) is 12.8. The van der Waals surface area contributed by atoms with E-state index >= 15 is 0 Å². The highest BCUT2D eigenvalue weighted by atomic mass is 16.6. The minimum absolute atomic E-state index is 0.0915. The summed E-state index contributed by atoms with van der Waals surface area (Å²) in [5, 5.41) is 14.6. The van der Waals surface area contributed by atoms with Gasteiger partial charge in [-0.05, 0) is 30.7 Å². The van der Waals surface area contributed by atoms with Gasteiger partial charge in [-0.1, -0.05) is 23.4 Å². The number of morpholine rings is 1. The number of ether oxygens (including phenoxy) is 1. The van der Waals surface area contributed by atoms with Gasteiger partial charge < -0.3 is 14.2 Å². The van der Waals surface area contributed by atoms with Gasteiger partial charge in [0.2, 0.25) is 5.76 Å². The van der Waals surface area contributed by atoms with Gasteiger partial charge >= 0.3 is 5.69 Å². The molecule has 1 aromatic carbocycles. The Morgan fingerprint density at radius 2 is 1.91 bits per heavy atom. The molecule has 120 valence electrons. The Morgan fingerprint density at radius 3 is 2.57 bits per heavy atom. The first-order valence-corrected chi connectivity index (χ1v) is 7.36. The fourth-order valence-electron chi connectivity index (χ4n) is 2.50. The number of aryl methyl sites for hydroxylation is 1. The van der Waals surface area contributed by atoms with Crippen LogP contribution in [0.15, 0.2) is 28.8 Å². The second-order valence-corrected chi connectivity index (χ2v) is 5.26. The lowest BCUT2D eigenvalue weighted by Gasteiger charge is -2.28. The normalized spacial score (nSPS) is 15.3. The molecule has 2 heterocycles. The molecule has 1 aliphatic rings. The first-order valence-electron chi connectivity index (χ1n) is 7.36. The average Bonchev–Trinajstić information content (AvgIpc) is 2.95. The van der Waals surface area contributed by atoms with Gasteiger partial charge in [0.1, 0.15) is 0 Å². The van der Waals surface area contributed by atoms with Crippen LogP contribution < -0.4 is 4.90 Å². The van der Waals surface area contributed by atoms with E-state index in [1.54, 1.807) is 19.1 Å². The molecule has 0 spiro atoms. The maximum Gasteiger partial charge on any atom is 0.338 e. The molecule has 7 nitrogen and oxygen atoms in total. The Labute approximate surface area is 133 Å². The van der Waals surface area contributed by atoms with Crippen molar-refractivity contribution in [3.63, 3.8) is 0 Å². The Hall–Kier alpha value is -2.67. The van der Waals surface area contributed by atoms with Crippen molar-refractivity contribution in [2.75, 3.05) is 31.2 Å². The first kappa shape index (κ1) is 15.2. The van der Waals surface area contributed by atoms with Gasteiger partial charge in [0.25, 0.3) is 0 Å². The molecule has 0 radical (unpaired) electrons. The summed E-state index contributed by atoms with van der Waals surface area (Å²) in [5.74, 6) is 0.157. The van der Waals surface area contributed by atoms with Crippen molar-refractivity contribution >= 4 is 23.5 Å². The minimum Gasteiger partial charge on any atom is -0.378 e. The summed E-state index contributed by atoms with van der Waals surface area (Å²) < 4.78 is 10.3. The van der Waals surface area contributed by atoms with Crippen LogP contribution in [0.5, 0.6) is 0 Å². The highest BCUT2D eigenvalue weighted by molar-refractivity contribution is 5.72. The molecule has 1 saturated heterocycles. The molecule has 7 heteroatoms. The van der Waals surface area contributed by atoms with Crippen molar-refractivity contribution in [1.82, 2.24) is 5.16 Å². The maximum atomic E-state index is 11.0. The lowest BCUT2D eigenvalue weighted by atomic mass is 10.1. The van der Waals surface area contributed by atoms with E-state index in [1.807, 2.05) is 24.3 Å². The highest BCUT2D eigenvalue weighted by Crippen LogP contribution is 2.25. The van der Waals surface area contributed by atoms with E-state index in [0.29, 0.717) is 0 Å². The molecule has 0 saturated carbocycles. The van der Waals surface area contributed by atoms with Crippen LogP contribution >= 0.6 is 0 Å². The van der Waals surface area contributed by atoms with Crippen molar-refractivity contribution in [2.24, 2.45) is 0 Å². The number of anilines is 1. The molecule has 23 heavy (non-hydrogen) atoms. The molecule has 0 atom stereocenters. The molecule has 2 aromatic rings. The van der Waals surface area contributed by atoms with Crippen LogP contribution in [0.3, 0.4) is 0 Å². The van der Waals surface area contributed by atoms with Gasteiger partial charge in [-0.15, -0.1) is 0 Å². The monoisotopic (exact) mass is 315 g/mol. The van der Waals surface area contributed by atoms with Crippen LogP contribution in [0.25, 0.3) is 12.2 Å².